The van der Waals surface area contributed by atoms with Gasteiger partial charge in [-0.25, -0.2) is 9.79 Å². The highest BCUT2D eigenvalue weighted by atomic mass is 35.5. The second-order valence-corrected chi connectivity index (χ2v) is 2.26. The van der Waals surface area contributed by atoms with Gasteiger partial charge in [0.15, 0.2) is 0 Å². The van der Waals surface area contributed by atoms with Crippen LogP contribution in [0.1, 0.15) is 6.42 Å². The normalized spacial score (nSPS) is 11.7. The number of carboxylic acid groups (broad SMARTS) is 1. The summed E-state index contributed by atoms with van der Waals surface area (Å²) in [6, 6.07) is 0. The average molecular weight is 178 g/mol. The second kappa shape index (κ2) is 5.89. The molecule has 1 atom stereocenters. The molecule has 0 spiro atoms. The Morgan fingerprint density at radius 2 is 2.36 bits per heavy atom. The number of aliphatic imine (C=N–C) groups is 1. The first-order chi connectivity index (χ1) is 5.22. The smallest absolute Gasteiger partial charge is 0.307 e. The van der Waals surface area contributed by atoms with Crippen LogP contribution >= 0.6 is 11.6 Å². The van der Waals surface area contributed by atoms with E-state index in [0.29, 0.717) is 0 Å². The Bertz CT molecular complexity index is 177. The lowest BCUT2D eigenvalue weighted by molar-refractivity contribution is -0.141. The quantitative estimate of drug-likeness (QED) is 0.381. The minimum atomic E-state index is -0.957. The fourth-order valence-corrected chi connectivity index (χ4v) is 0.819. The highest BCUT2D eigenvalue weighted by Gasteiger charge is 2.14. The summed E-state index contributed by atoms with van der Waals surface area (Å²) in [7, 11) is 0. The zero-order valence-corrected chi connectivity index (χ0v) is 6.54. The Hall–Kier alpha value is -0.860. The zero-order valence-electron chi connectivity index (χ0n) is 5.79. The molecule has 0 fully saturated rings. The van der Waals surface area contributed by atoms with Gasteiger partial charge in [0, 0.05) is 5.88 Å². The maximum absolute atomic E-state index is 10.3. The van der Waals surface area contributed by atoms with Crippen LogP contribution in [0.4, 0.5) is 0 Å². The van der Waals surface area contributed by atoms with Gasteiger partial charge in [0.1, 0.15) is 0 Å². The number of halogens is 1. The van der Waals surface area contributed by atoms with Gasteiger partial charge in [-0.2, -0.15) is 0 Å². The number of rotatable bonds is 5. The summed E-state index contributed by atoms with van der Waals surface area (Å²) in [4.78, 5) is 23.1. The maximum atomic E-state index is 10.3. The van der Waals surface area contributed by atoms with Gasteiger partial charge in [0.2, 0.25) is 6.08 Å². The molecule has 0 radical (unpaired) electrons. The zero-order chi connectivity index (χ0) is 8.69. The third-order valence-corrected chi connectivity index (χ3v) is 1.56. The van der Waals surface area contributed by atoms with E-state index in [1.165, 1.54) is 6.08 Å². The molecule has 0 aromatic carbocycles. The first-order valence-electron chi connectivity index (χ1n) is 3.04. The summed E-state index contributed by atoms with van der Waals surface area (Å²) in [5.41, 5.74) is 0. The average Bonchev–Trinajstić information content (AvgIpc) is 1.97. The van der Waals surface area contributed by atoms with Crippen LogP contribution in [0.15, 0.2) is 4.99 Å². The molecule has 1 N–H and O–H groups in total. The van der Waals surface area contributed by atoms with Gasteiger partial charge in [-0.1, -0.05) is 0 Å². The van der Waals surface area contributed by atoms with Gasteiger partial charge >= 0.3 is 5.97 Å². The lowest BCUT2D eigenvalue weighted by atomic mass is 10.1. The van der Waals surface area contributed by atoms with Crippen LogP contribution in [-0.2, 0) is 9.59 Å². The van der Waals surface area contributed by atoms with E-state index >= 15 is 0 Å². The SMILES string of the molecule is O=C=NCCC(CCl)C(=O)O. The molecule has 0 aliphatic carbocycles. The number of isocyanates is 1. The number of aliphatic carboxylic acids is 1. The van der Waals surface area contributed by atoms with Crippen molar-refractivity contribution < 1.29 is 14.7 Å². The Morgan fingerprint density at radius 3 is 2.73 bits per heavy atom. The van der Waals surface area contributed by atoms with Gasteiger partial charge in [0.05, 0.1) is 12.5 Å². The third-order valence-electron chi connectivity index (χ3n) is 1.19. The first-order valence-corrected chi connectivity index (χ1v) is 3.58. The van der Waals surface area contributed by atoms with E-state index < -0.39 is 11.9 Å². The van der Waals surface area contributed by atoms with Crippen molar-refractivity contribution in [3.05, 3.63) is 0 Å². The Balaban J connectivity index is 3.69. The summed E-state index contributed by atoms with van der Waals surface area (Å²) in [6.07, 6.45) is 1.61. The topological polar surface area (TPSA) is 66.7 Å². The molecule has 0 aromatic heterocycles. The van der Waals surface area contributed by atoms with Crippen molar-refractivity contribution in [2.24, 2.45) is 10.9 Å². The third kappa shape index (κ3) is 4.53. The molecule has 1 unspecified atom stereocenters. The van der Waals surface area contributed by atoms with Crippen molar-refractivity contribution in [3.8, 4) is 0 Å². The summed E-state index contributed by atoms with van der Waals surface area (Å²) in [6.45, 7) is 0.174. The van der Waals surface area contributed by atoms with E-state index in [0.717, 1.165) is 0 Å². The summed E-state index contributed by atoms with van der Waals surface area (Å²) < 4.78 is 0. The molecule has 0 bridgehead atoms. The number of hydrogen-bond acceptors (Lipinski definition) is 3. The van der Waals surface area contributed by atoms with Crippen LogP contribution in [0.5, 0.6) is 0 Å². The molecule has 4 nitrogen and oxygen atoms in total. The molecule has 11 heavy (non-hydrogen) atoms. The van der Waals surface area contributed by atoms with Crippen LogP contribution in [0, 0.1) is 5.92 Å². The van der Waals surface area contributed by atoms with E-state index in [1.54, 1.807) is 0 Å². The highest BCUT2D eigenvalue weighted by molar-refractivity contribution is 6.19. The predicted octanol–water partition coefficient (Wildman–Crippen LogP) is 0.652. The minimum absolute atomic E-state index is 0.0453. The van der Waals surface area contributed by atoms with E-state index in [4.69, 9.17) is 16.7 Å². The van der Waals surface area contributed by atoms with Gasteiger partial charge in [0.25, 0.3) is 0 Å². The molecule has 0 saturated carbocycles. The van der Waals surface area contributed by atoms with E-state index in [1.807, 2.05) is 0 Å². The van der Waals surface area contributed by atoms with Crippen molar-refractivity contribution >= 4 is 23.7 Å². The van der Waals surface area contributed by atoms with Gasteiger partial charge < -0.3 is 5.11 Å². The molecule has 0 aliphatic rings. The maximum Gasteiger partial charge on any atom is 0.307 e. The summed E-state index contributed by atoms with van der Waals surface area (Å²) in [5, 5.41) is 8.45. The van der Waals surface area contributed by atoms with Crippen molar-refractivity contribution in [1.82, 2.24) is 0 Å². The van der Waals surface area contributed by atoms with Crippen LogP contribution in [0.25, 0.3) is 0 Å². The summed E-state index contributed by atoms with van der Waals surface area (Å²) in [5.74, 6) is -1.53. The molecular formula is C6H8ClNO3. The number of carbonyl (C=O) groups excluding carboxylic acids is 1. The second-order valence-electron chi connectivity index (χ2n) is 1.95. The Labute approximate surface area is 68.9 Å². The van der Waals surface area contributed by atoms with Crippen molar-refractivity contribution in [2.75, 3.05) is 12.4 Å². The van der Waals surface area contributed by atoms with Gasteiger partial charge in [-0.3, -0.25) is 4.79 Å². The van der Waals surface area contributed by atoms with Gasteiger partial charge in [-0.05, 0) is 6.42 Å². The predicted molar refractivity (Wildman–Crippen MR) is 39.5 cm³/mol. The molecule has 5 heteroatoms. The lowest BCUT2D eigenvalue weighted by Crippen LogP contribution is -2.16. The van der Waals surface area contributed by atoms with Crippen molar-refractivity contribution in [3.63, 3.8) is 0 Å². The van der Waals surface area contributed by atoms with Crippen molar-refractivity contribution in [2.45, 2.75) is 6.42 Å². The van der Waals surface area contributed by atoms with E-state index in [2.05, 4.69) is 4.99 Å². The number of carbonyl (C=O) groups is 1. The monoisotopic (exact) mass is 177 g/mol. The molecule has 0 rings (SSSR count). The number of nitrogens with zero attached hydrogens (tertiary/aromatic N) is 1. The highest BCUT2D eigenvalue weighted by Crippen LogP contribution is 2.05. The fraction of sp³-hybridized carbons (Fsp3) is 0.667. The number of alkyl halides is 1. The lowest BCUT2D eigenvalue weighted by Gasteiger charge is -2.03. The molecule has 0 amide bonds. The molecule has 62 valence electrons. The molecule has 0 saturated heterocycles. The Kier molecular flexibility index (Phi) is 5.43. The Morgan fingerprint density at radius 1 is 1.73 bits per heavy atom. The molecule has 0 heterocycles. The van der Waals surface area contributed by atoms with Crippen LogP contribution in [0.2, 0.25) is 0 Å². The molecular weight excluding hydrogens is 170 g/mol. The van der Waals surface area contributed by atoms with E-state index in [-0.39, 0.29) is 18.8 Å². The first kappa shape index (κ1) is 10.1. The number of carboxylic acids is 1. The fourth-order valence-electron chi connectivity index (χ4n) is 0.533. The minimum Gasteiger partial charge on any atom is -0.481 e. The van der Waals surface area contributed by atoms with Crippen LogP contribution < -0.4 is 0 Å². The van der Waals surface area contributed by atoms with Crippen molar-refractivity contribution in [1.29, 1.82) is 0 Å². The molecule has 0 aliphatic heterocycles. The van der Waals surface area contributed by atoms with E-state index in [9.17, 15) is 9.59 Å². The van der Waals surface area contributed by atoms with Crippen LogP contribution in [0.3, 0.4) is 0 Å². The standard InChI is InChI=1S/C6H8ClNO3/c7-3-5(6(10)11)1-2-8-4-9/h5H,1-3H2,(H,10,11). The largest absolute Gasteiger partial charge is 0.481 e. The summed E-state index contributed by atoms with van der Waals surface area (Å²) >= 11 is 5.32. The van der Waals surface area contributed by atoms with Gasteiger partial charge in [-0.15, -0.1) is 11.6 Å². The van der Waals surface area contributed by atoms with Crippen LogP contribution in [-0.4, -0.2) is 29.6 Å². The number of hydrogen-bond donors (Lipinski definition) is 1. The molecule has 0 aromatic rings.